The lowest BCUT2D eigenvalue weighted by Gasteiger charge is -2.54. The molecule has 1 aliphatic heterocycles. The van der Waals surface area contributed by atoms with Crippen LogP contribution < -0.4 is 15.3 Å². The fourth-order valence-electron chi connectivity index (χ4n) is 4.13. The molecule has 1 atom stereocenters. The van der Waals surface area contributed by atoms with Crippen LogP contribution in [-0.4, -0.2) is 38.9 Å². The Kier molecular flexibility index (Phi) is 7.39. The number of benzene rings is 2. The lowest BCUT2D eigenvalue weighted by atomic mass is 9.93. The third-order valence-electron chi connectivity index (χ3n) is 5.89. The SMILES string of the molecule is CCCCC1(O[SiH](c2ccccc2)c2ccccc2)CCN1c1nc(C(=O)OCC)cs1. The summed E-state index contributed by atoms with van der Waals surface area (Å²) < 4.78 is 12.3. The van der Waals surface area contributed by atoms with Crippen LogP contribution in [0.5, 0.6) is 0 Å². The summed E-state index contributed by atoms with van der Waals surface area (Å²) in [7, 11) is -1.93. The summed E-state index contributed by atoms with van der Waals surface area (Å²) in [6, 6.07) is 21.2. The largest absolute Gasteiger partial charge is 0.461 e. The average Bonchev–Trinajstić information content (AvgIpc) is 3.29. The van der Waals surface area contributed by atoms with Crippen molar-refractivity contribution in [3.05, 3.63) is 71.7 Å². The molecule has 1 aromatic heterocycles. The van der Waals surface area contributed by atoms with Crippen molar-refractivity contribution in [2.45, 2.75) is 45.3 Å². The Morgan fingerprint density at radius 2 is 1.75 bits per heavy atom. The lowest BCUT2D eigenvalue weighted by Crippen LogP contribution is -2.66. The predicted octanol–water partition coefficient (Wildman–Crippen LogP) is 3.97. The molecule has 32 heavy (non-hydrogen) atoms. The quantitative estimate of drug-likeness (QED) is 0.334. The summed E-state index contributed by atoms with van der Waals surface area (Å²) in [4.78, 5) is 19.0. The second-order valence-corrected chi connectivity index (χ2v) is 11.2. The van der Waals surface area contributed by atoms with Crippen LogP contribution >= 0.6 is 11.3 Å². The van der Waals surface area contributed by atoms with Crippen molar-refractivity contribution < 1.29 is 14.0 Å². The van der Waals surface area contributed by atoms with Crippen molar-refractivity contribution in [3.63, 3.8) is 0 Å². The number of nitrogens with zero attached hydrogens (tertiary/aromatic N) is 2. The van der Waals surface area contributed by atoms with Crippen molar-refractivity contribution in [1.82, 2.24) is 4.98 Å². The van der Waals surface area contributed by atoms with Gasteiger partial charge in [0.05, 0.1) is 6.61 Å². The number of ether oxygens (including phenoxy) is 1. The Morgan fingerprint density at radius 3 is 2.28 bits per heavy atom. The molecule has 0 saturated carbocycles. The highest BCUT2D eigenvalue weighted by atomic mass is 32.1. The van der Waals surface area contributed by atoms with Crippen LogP contribution in [0, 0.1) is 0 Å². The van der Waals surface area contributed by atoms with Crippen molar-refractivity contribution in [2.24, 2.45) is 0 Å². The molecular weight excluding hydrogens is 436 g/mol. The number of anilines is 1. The second-order valence-electron chi connectivity index (χ2n) is 8.01. The normalized spacial score (nSPS) is 17.9. The van der Waals surface area contributed by atoms with Crippen LogP contribution in [0.15, 0.2) is 66.0 Å². The average molecular weight is 467 g/mol. The fraction of sp³-hybridized carbons (Fsp3) is 0.360. The van der Waals surface area contributed by atoms with E-state index in [-0.39, 0.29) is 11.7 Å². The molecule has 0 amide bonds. The minimum absolute atomic E-state index is 0.348. The zero-order valence-electron chi connectivity index (χ0n) is 18.7. The highest BCUT2D eigenvalue weighted by Crippen LogP contribution is 2.42. The van der Waals surface area contributed by atoms with Gasteiger partial charge >= 0.3 is 5.97 Å². The summed E-state index contributed by atoms with van der Waals surface area (Å²) in [5.74, 6) is -0.364. The Bertz CT molecular complexity index is 975. The predicted molar refractivity (Wildman–Crippen MR) is 133 cm³/mol. The minimum atomic E-state index is -1.93. The lowest BCUT2D eigenvalue weighted by molar-refractivity contribution is 0.00135. The van der Waals surface area contributed by atoms with Gasteiger partial charge in [-0.1, -0.05) is 74.0 Å². The first-order valence-electron chi connectivity index (χ1n) is 11.3. The van der Waals surface area contributed by atoms with Crippen LogP contribution in [0.25, 0.3) is 0 Å². The molecule has 5 nitrogen and oxygen atoms in total. The summed E-state index contributed by atoms with van der Waals surface area (Å²) in [5.41, 5.74) is -0.00871. The van der Waals surface area contributed by atoms with Gasteiger partial charge in [0, 0.05) is 18.3 Å². The minimum Gasteiger partial charge on any atom is -0.461 e. The van der Waals surface area contributed by atoms with Gasteiger partial charge in [0.1, 0.15) is 5.72 Å². The van der Waals surface area contributed by atoms with Gasteiger partial charge in [-0.3, -0.25) is 0 Å². The van der Waals surface area contributed by atoms with Crippen molar-refractivity contribution >= 4 is 41.9 Å². The smallest absolute Gasteiger partial charge is 0.357 e. The Morgan fingerprint density at radius 1 is 1.09 bits per heavy atom. The molecule has 1 unspecified atom stereocenters. The molecule has 0 N–H and O–H groups in total. The number of unbranched alkanes of at least 4 members (excludes halogenated alkanes) is 1. The number of thiazole rings is 1. The molecule has 2 aromatic carbocycles. The number of carbonyl (C=O) groups excluding carboxylic acids is 1. The van der Waals surface area contributed by atoms with Gasteiger partial charge in [-0.15, -0.1) is 11.3 Å². The van der Waals surface area contributed by atoms with E-state index in [4.69, 9.17) is 9.16 Å². The molecule has 0 spiro atoms. The van der Waals surface area contributed by atoms with Gasteiger partial charge in [-0.25, -0.2) is 9.78 Å². The molecular formula is C25H30N2O3SSi. The molecule has 0 aliphatic carbocycles. The number of rotatable bonds is 10. The van der Waals surface area contributed by atoms with Crippen molar-refractivity contribution in [2.75, 3.05) is 18.1 Å². The number of hydrogen-bond acceptors (Lipinski definition) is 6. The summed E-state index contributed by atoms with van der Waals surface area (Å²) in [6.45, 7) is 5.25. The van der Waals surface area contributed by atoms with E-state index in [9.17, 15) is 4.79 Å². The maximum atomic E-state index is 12.1. The van der Waals surface area contributed by atoms with Gasteiger partial charge < -0.3 is 14.1 Å². The van der Waals surface area contributed by atoms with E-state index in [1.165, 1.54) is 21.7 Å². The first kappa shape index (κ1) is 22.7. The Balaban J connectivity index is 1.65. The molecule has 1 saturated heterocycles. The summed E-state index contributed by atoms with van der Waals surface area (Å²) in [6.07, 6.45) is 4.09. The first-order chi connectivity index (χ1) is 15.7. The number of esters is 1. The molecule has 7 heteroatoms. The van der Waals surface area contributed by atoms with Gasteiger partial charge in [-0.2, -0.15) is 0 Å². The Labute approximate surface area is 195 Å². The van der Waals surface area contributed by atoms with Crippen LogP contribution in [0.3, 0.4) is 0 Å². The van der Waals surface area contributed by atoms with E-state index in [1.807, 2.05) is 6.92 Å². The molecule has 2 heterocycles. The highest BCUT2D eigenvalue weighted by Gasteiger charge is 2.48. The van der Waals surface area contributed by atoms with Crippen molar-refractivity contribution in [1.29, 1.82) is 0 Å². The van der Waals surface area contributed by atoms with Crippen LogP contribution in [0.4, 0.5) is 5.13 Å². The van der Waals surface area contributed by atoms with E-state index in [1.54, 1.807) is 5.38 Å². The second kappa shape index (κ2) is 10.4. The van der Waals surface area contributed by atoms with E-state index >= 15 is 0 Å². The molecule has 1 aliphatic rings. The fourth-order valence-corrected chi connectivity index (χ4v) is 7.63. The van der Waals surface area contributed by atoms with Gasteiger partial charge in [0.25, 0.3) is 0 Å². The van der Waals surface area contributed by atoms with E-state index < -0.39 is 9.04 Å². The highest BCUT2D eigenvalue weighted by molar-refractivity contribution is 7.14. The molecule has 0 radical (unpaired) electrons. The number of aromatic nitrogens is 1. The van der Waals surface area contributed by atoms with Crippen LogP contribution in [0.1, 0.15) is 50.0 Å². The number of carbonyl (C=O) groups is 1. The molecule has 3 aromatic rings. The summed E-state index contributed by atoms with van der Waals surface area (Å²) in [5, 5.41) is 5.17. The van der Waals surface area contributed by atoms with E-state index in [0.29, 0.717) is 12.3 Å². The molecule has 0 bridgehead atoms. The third-order valence-corrected chi connectivity index (χ3v) is 9.41. The van der Waals surface area contributed by atoms with E-state index in [0.717, 1.165) is 37.4 Å². The first-order valence-corrected chi connectivity index (χ1v) is 13.9. The third kappa shape index (κ3) is 4.80. The zero-order chi connectivity index (χ0) is 22.4. The van der Waals surface area contributed by atoms with E-state index in [2.05, 4.69) is 77.5 Å². The standard InChI is InChI=1S/C25H30N2O3SSi/c1-3-5-16-25(17-18-27(25)24-26-22(19-31-24)23(28)29-4-2)30-32(20-12-8-6-9-13-20)21-14-10-7-11-15-21/h6-15,19,32H,3-5,16-18H2,1-2H3. The maximum absolute atomic E-state index is 12.1. The van der Waals surface area contributed by atoms with Gasteiger partial charge in [-0.05, 0) is 30.1 Å². The van der Waals surface area contributed by atoms with Crippen LogP contribution in [-0.2, 0) is 9.16 Å². The molecule has 4 rings (SSSR count). The topological polar surface area (TPSA) is 51.7 Å². The molecule has 168 valence electrons. The van der Waals surface area contributed by atoms with Gasteiger partial charge in [0.15, 0.2) is 10.8 Å². The zero-order valence-corrected chi connectivity index (χ0v) is 20.7. The van der Waals surface area contributed by atoms with Crippen molar-refractivity contribution in [3.8, 4) is 0 Å². The van der Waals surface area contributed by atoms with Crippen LogP contribution in [0.2, 0.25) is 0 Å². The number of hydrogen-bond donors (Lipinski definition) is 0. The maximum Gasteiger partial charge on any atom is 0.357 e. The molecule has 1 fully saturated rings. The Hall–Kier alpha value is -2.48. The van der Waals surface area contributed by atoms with Gasteiger partial charge in [0.2, 0.25) is 9.04 Å². The summed E-state index contributed by atoms with van der Waals surface area (Å²) >= 11 is 1.49. The monoisotopic (exact) mass is 466 g/mol.